The molecular formula is C25H21N3O5S. The number of methoxy groups -OCH3 is 3. The SMILES string of the molecule is COC(=O)C1=C(N)n2c(sc(=Cc3ccccc3OC)c2=O)=C(C#N)C1c1ccccc1OC. The van der Waals surface area contributed by atoms with Crippen LogP contribution in [0.1, 0.15) is 17.0 Å². The predicted molar refractivity (Wildman–Crippen MR) is 129 cm³/mol. The number of nitriles is 1. The largest absolute Gasteiger partial charge is 0.496 e. The topological polar surface area (TPSA) is 117 Å². The summed E-state index contributed by atoms with van der Waals surface area (Å²) in [5, 5.41) is 10.2. The van der Waals surface area contributed by atoms with Gasteiger partial charge < -0.3 is 19.9 Å². The molecule has 0 saturated carbocycles. The third-order valence-electron chi connectivity index (χ3n) is 5.55. The first kappa shape index (κ1) is 22.9. The summed E-state index contributed by atoms with van der Waals surface area (Å²) in [4.78, 5) is 26.3. The van der Waals surface area contributed by atoms with Crippen LogP contribution in [0, 0.1) is 11.3 Å². The number of carbonyl (C=O) groups is 1. The molecule has 8 nitrogen and oxygen atoms in total. The Hall–Kier alpha value is -4.29. The number of benzene rings is 2. The minimum atomic E-state index is -0.870. The molecule has 172 valence electrons. The van der Waals surface area contributed by atoms with Gasteiger partial charge >= 0.3 is 5.97 Å². The third-order valence-corrected chi connectivity index (χ3v) is 6.66. The molecule has 34 heavy (non-hydrogen) atoms. The van der Waals surface area contributed by atoms with Gasteiger partial charge in [0.2, 0.25) is 0 Å². The van der Waals surface area contributed by atoms with Gasteiger partial charge in [0.05, 0.1) is 49.0 Å². The Bertz CT molecular complexity index is 1540. The van der Waals surface area contributed by atoms with Crippen molar-refractivity contribution in [3.05, 3.63) is 84.8 Å². The van der Waals surface area contributed by atoms with Crippen LogP contribution in [-0.2, 0) is 9.53 Å². The molecule has 0 amide bonds. The summed E-state index contributed by atoms with van der Waals surface area (Å²) in [5.74, 6) is -0.625. The van der Waals surface area contributed by atoms with E-state index in [1.54, 1.807) is 43.5 Å². The highest BCUT2D eigenvalue weighted by Gasteiger charge is 2.37. The fraction of sp³-hybridized carbons (Fsp3) is 0.160. The Kier molecular flexibility index (Phi) is 6.25. The van der Waals surface area contributed by atoms with Gasteiger partial charge in [0.1, 0.15) is 22.0 Å². The fourth-order valence-corrected chi connectivity index (χ4v) is 5.12. The van der Waals surface area contributed by atoms with E-state index in [-0.39, 0.29) is 17.0 Å². The second-order valence-electron chi connectivity index (χ2n) is 7.29. The van der Waals surface area contributed by atoms with Crippen molar-refractivity contribution in [2.45, 2.75) is 5.92 Å². The van der Waals surface area contributed by atoms with Gasteiger partial charge in [-0.05, 0) is 18.2 Å². The molecule has 2 aromatic carbocycles. The van der Waals surface area contributed by atoms with Crippen molar-refractivity contribution in [1.29, 1.82) is 5.26 Å². The highest BCUT2D eigenvalue weighted by atomic mass is 32.1. The summed E-state index contributed by atoms with van der Waals surface area (Å²) >= 11 is 1.12. The van der Waals surface area contributed by atoms with Crippen molar-refractivity contribution < 1.29 is 19.0 Å². The first-order chi connectivity index (χ1) is 16.5. The van der Waals surface area contributed by atoms with Crippen molar-refractivity contribution in [1.82, 2.24) is 4.57 Å². The van der Waals surface area contributed by atoms with E-state index in [9.17, 15) is 14.9 Å². The van der Waals surface area contributed by atoms with Crippen LogP contribution in [0.5, 0.6) is 11.5 Å². The lowest BCUT2D eigenvalue weighted by Gasteiger charge is -2.25. The highest BCUT2D eigenvalue weighted by Crippen LogP contribution is 2.40. The molecule has 0 saturated heterocycles. The quantitative estimate of drug-likeness (QED) is 0.556. The molecule has 1 atom stereocenters. The lowest BCUT2D eigenvalue weighted by atomic mass is 9.83. The van der Waals surface area contributed by atoms with Crippen LogP contribution in [-0.4, -0.2) is 31.9 Å². The van der Waals surface area contributed by atoms with Crippen LogP contribution < -0.4 is 30.0 Å². The summed E-state index contributed by atoms with van der Waals surface area (Å²) in [6.45, 7) is 0. The zero-order valence-corrected chi connectivity index (χ0v) is 19.5. The van der Waals surface area contributed by atoms with Crippen LogP contribution in [0.25, 0.3) is 17.5 Å². The molecule has 1 aliphatic rings. The number of hydrogen-bond acceptors (Lipinski definition) is 8. The molecule has 0 fully saturated rings. The van der Waals surface area contributed by atoms with Crippen LogP contribution in [0.3, 0.4) is 0 Å². The first-order valence-electron chi connectivity index (χ1n) is 10.2. The molecule has 3 aromatic rings. The number of carbonyl (C=O) groups excluding carboxylic acids is 1. The second-order valence-corrected chi connectivity index (χ2v) is 8.32. The lowest BCUT2D eigenvalue weighted by molar-refractivity contribution is -0.136. The number of nitrogens with two attached hydrogens (primary N) is 1. The number of nitrogens with zero attached hydrogens (tertiary/aromatic N) is 2. The Balaban J connectivity index is 2.11. The van der Waals surface area contributed by atoms with Gasteiger partial charge in [-0.15, -0.1) is 11.3 Å². The van der Waals surface area contributed by atoms with Crippen LogP contribution in [0.2, 0.25) is 0 Å². The van der Waals surface area contributed by atoms with Gasteiger partial charge in [0.15, 0.2) is 0 Å². The minimum Gasteiger partial charge on any atom is -0.496 e. The van der Waals surface area contributed by atoms with E-state index in [1.165, 1.54) is 18.8 Å². The zero-order chi connectivity index (χ0) is 24.4. The Labute approximate surface area is 199 Å². The molecule has 1 aromatic heterocycles. The van der Waals surface area contributed by atoms with Gasteiger partial charge in [-0.1, -0.05) is 36.4 Å². The molecule has 1 unspecified atom stereocenters. The number of fused-ring (bicyclic) bond motifs is 1. The van der Waals surface area contributed by atoms with Gasteiger partial charge in [-0.3, -0.25) is 9.36 Å². The standard InChI is InChI=1S/C25H21N3O5S/c1-31-17-10-6-4-8-14(17)12-19-23(29)28-22(27)21(25(30)33-3)20(16(13-26)24(28)34-19)15-9-5-7-11-18(15)32-2/h4-12,20H,27H2,1-3H3. The second kappa shape index (κ2) is 9.29. The van der Waals surface area contributed by atoms with Gasteiger partial charge in [-0.2, -0.15) is 5.26 Å². The van der Waals surface area contributed by atoms with E-state index in [1.807, 2.05) is 18.2 Å². The monoisotopic (exact) mass is 475 g/mol. The number of hydrogen-bond donors (Lipinski definition) is 1. The average Bonchev–Trinajstić information content (AvgIpc) is 3.19. The first-order valence-corrected chi connectivity index (χ1v) is 11.0. The molecule has 2 N–H and O–H groups in total. The van der Waals surface area contributed by atoms with Crippen molar-refractivity contribution >= 4 is 34.8 Å². The number of thiazole rings is 1. The maximum Gasteiger partial charge on any atom is 0.338 e. The summed E-state index contributed by atoms with van der Waals surface area (Å²) in [6.07, 6.45) is 1.68. The van der Waals surface area contributed by atoms with Gasteiger partial charge in [0, 0.05) is 11.1 Å². The molecular weight excluding hydrogens is 454 g/mol. The van der Waals surface area contributed by atoms with E-state index >= 15 is 0 Å². The summed E-state index contributed by atoms with van der Waals surface area (Å²) in [6, 6.07) is 16.5. The summed E-state index contributed by atoms with van der Waals surface area (Å²) < 4.78 is 17.7. The summed E-state index contributed by atoms with van der Waals surface area (Å²) in [7, 11) is 4.27. The molecule has 0 spiro atoms. The van der Waals surface area contributed by atoms with Crippen molar-refractivity contribution in [3.63, 3.8) is 0 Å². The maximum absolute atomic E-state index is 13.4. The number of aromatic nitrogens is 1. The molecule has 0 radical (unpaired) electrons. The van der Waals surface area contributed by atoms with Gasteiger partial charge in [0.25, 0.3) is 5.56 Å². The number of rotatable bonds is 5. The van der Waals surface area contributed by atoms with E-state index < -0.39 is 17.4 Å². The van der Waals surface area contributed by atoms with E-state index in [2.05, 4.69) is 6.07 Å². The average molecular weight is 476 g/mol. The normalized spacial score (nSPS) is 15.5. The smallest absolute Gasteiger partial charge is 0.338 e. The molecule has 9 heteroatoms. The van der Waals surface area contributed by atoms with E-state index in [0.717, 1.165) is 11.3 Å². The molecule has 4 rings (SSSR count). The van der Waals surface area contributed by atoms with Gasteiger partial charge in [-0.25, -0.2) is 4.79 Å². The molecule has 0 bridgehead atoms. The highest BCUT2D eigenvalue weighted by molar-refractivity contribution is 7.07. The maximum atomic E-state index is 13.4. The predicted octanol–water partition coefficient (Wildman–Crippen LogP) is 1.53. The number of para-hydroxylation sites is 2. The van der Waals surface area contributed by atoms with E-state index in [4.69, 9.17) is 19.9 Å². The Morgan fingerprint density at radius 1 is 1.09 bits per heavy atom. The van der Waals surface area contributed by atoms with E-state index in [0.29, 0.717) is 31.8 Å². The van der Waals surface area contributed by atoms with Crippen LogP contribution in [0.15, 0.2) is 58.9 Å². The lowest BCUT2D eigenvalue weighted by Crippen LogP contribution is -2.40. The summed E-state index contributed by atoms with van der Waals surface area (Å²) in [5.41, 5.74) is 7.41. The number of esters is 1. The fourth-order valence-electron chi connectivity index (χ4n) is 4.01. The van der Waals surface area contributed by atoms with Crippen molar-refractivity contribution in [3.8, 4) is 17.6 Å². The zero-order valence-electron chi connectivity index (χ0n) is 18.7. The van der Waals surface area contributed by atoms with Crippen molar-refractivity contribution in [2.24, 2.45) is 5.73 Å². The van der Waals surface area contributed by atoms with Crippen molar-refractivity contribution in [2.75, 3.05) is 21.3 Å². The molecule has 2 heterocycles. The molecule has 1 aliphatic heterocycles. The van der Waals surface area contributed by atoms with Crippen LogP contribution >= 0.6 is 11.3 Å². The number of ether oxygens (including phenoxy) is 3. The Morgan fingerprint density at radius 2 is 1.74 bits per heavy atom. The Morgan fingerprint density at radius 3 is 2.38 bits per heavy atom. The minimum absolute atomic E-state index is 0.000193. The van der Waals surface area contributed by atoms with Crippen LogP contribution in [0.4, 0.5) is 0 Å². The third kappa shape index (κ3) is 3.64. The molecule has 0 aliphatic carbocycles.